The van der Waals surface area contributed by atoms with Gasteiger partial charge in [-0.1, -0.05) is 15.9 Å². The Morgan fingerprint density at radius 1 is 1.56 bits per heavy atom. The van der Waals surface area contributed by atoms with Crippen LogP contribution in [-0.4, -0.2) is 18.8 Å². The van der Waals surface area contributed by atoms with Crippen LogP contribution in [0.25, 0.3) is 0 Å². The molecule has 0 radical (unpaired) electrons. The van der Waals surface area contributed by atoms with Crippen LogP contribution in [0.2, 0.25) is 0 Å². The quantitative estimate of drug-likeness (QED) is 0.633. The molecule has 0 amide bonds. The van der Waals surface area contributed by atoms with E-state index in [0.717, 1.165) is 9.37 Å². The Morgan fingerprint density at radius 3 is 2.94 bits per heavy atom. The number of rotatable bonds is 4. The predicted octanol–water partition coefficient (Wildman–Crippen LogP) is 2.98. The fraction of sp³-hybridized carbons (Fsp3) is 0.273. The molecule has 0 bridgehead atoms. The molecular formula is C11H10BrNO2S. The molecule has 5 heteroatoms. The van der Waals surface area contributed by atoms with Gasteiger partial charge in [-0.2, -0.15) is 5.26 Å². The molecule has 0 heterocycles. The van der Waals surface area contributed by atoms with E-state index in [1.54, 1.807) is 12.1 Å². The average Bonchev–Trinajstić information content (AvgIpc) is 2.28. The second-order valence-corrected chi connectivity index (χ2v) is 5.05. The van der Waals surface area contributed by atoms with Crippen LogP contribution in [-0.2, 0) is 9.53 Å². The first-order valence-corrected chi connectivity index (χ1v) is 6.34. The molecule has 1 rings (SSSR count). The Kier molecular flexibility index (Phi) is 5.36. The van der Waals surface area contributed by atoms with Crippen molar-refractivity contribution in [2.45, 2.75) is 11.3 Å². The van der Waals surface area contributed by atoms with Crippen LogP contribution in [0.3, 0.4) is 0 Å². The van der Waals surface area contributed by atoms with Crippen LogP contribution in [0.1, 0.15) is 12.0 Å². The number of carbonyl (C=O) groups excluding carboxylic acids is 1. The lowest BCUT2D eigenvalue weighted by Gasteiger charge is -2.02. The smallest absolute Gasteiger partial charge is 0.306 e. The summed E-state index contributed by atoms with van der Waals surface area (Å²) < 4.78 is 5.41. The van der Waals surface area contributed by atoms with Crippen molar-refractivity contribution in [1.82, 2.24) is 0 Å². The van der Waals surface area contributed by atoms with E-state index in [1.165, 1.54) is 18.9 Å². The highest BCUT2D eigenvalue weighted by Crippen LogP contribution is 2.24. The minimum atomic E-state index is -0.219. The zero-order valence-electron chi connectivity index (χ0n) is 8.70. The maximum absolute atomic E-state index is 10.9. The van der Waals surface area contributed by atoms with Crippen LogP contribution in [0, 0.1) is 11.3 Å². The first-order chi connectivity index (χ1) is 7.65. The SMILES string of the molecule is COC(=O)CCSc1cc(Br)cc(C#N)c1. The van der Waals surface area contributed by atoms with Gasteiger partial charge in [-0.05, 0) is 18.2 Å². The van der Waals surface area contributed by atoms with E-state index >= 15 is 0 Å². The van der Waals surface area contributed by atoms with Gasteiger partial charge in [0.25, 0.3) is 0 Å². The van der Waals surface area contributed by atoms with E-state index in [9.17, 15) is 4.79 Å². The molecule has 0 unspecified atom stereocenters. The second-order valence-electron chi connectivity index (χ2n) is 2.96. The van der Waals surface area contributed by atoms with E-state index in [2.05, 4.69) is 26.7 Å². The largest absolute Gasteiger partial charge is 0.469 e. The number of halogens is 1. The summed E-state index contributed by atoms with van der Waals surface area (Å²) in [6.07, 6.45) is 0.371. The van der Waals surface area contributed by atoms with Crippen molar-refractivity contribution >= 4 is 33.7 Å². The minimum absolute atomic E-state index is 0.219. The summed E-state index contributed by atoms with van der Waals surface area (Å²) in [5.41, 5.74) is 0.606. The van der Waals surface area contributed by atoms with Crippen molar-refractivity contribution in [3.8, 4) is 6.07 Å². The highest BCUT2D eigenvalue weighted by atomic mass is 79.9. The van der Waals surface area contributed by atoms with Crippen molar-refractivity contribution < 1.29 is 9.53 Å². The molecule has 0 saturated carbocycles. The summed E-state index contributed by atoms with van der Waals surface area (Å²) in [5.74, 6) is 0.427. The molecular weight excluding hydrogens is 290 g/mol. The summed E-state index contributed by atoms with van der Waals surface area (Å²) in [6.45, 7) is 0. The lowest BCUT2D eigenvalue weighted by atomic mass is 10.2. The molecule has 0 aromatic heterocycles. The number of methoxy groups -OCH3 is 1. The van der Waals surface area contributed by atoms with E-state index < -0.39 is 0 Å². The molecule has 0 aliphatic rings. The predicted molar refractivity (Wildman–Crippen MR) is 66.2 cm³/mol. The molecule has 0 aliphatic carbocycles. The number of hydrogen-bond acceptors (Lipinski definition) is 4. The van der Waals surface area contributed by atoms with Crippen molar-refractivity contribution in [2.24, 2.45) is 0 Å². The number of benzene rings is 1. The second kappa shape index (κ2) is 6.56. The number of carbonyl (C=O) groups is 1. The highest BCUT2D eigenvalue weighted by Gasteiger charge is 2.03. The van der Waals surface area contributed by atoms with E-state index in [1.807, 2.05) is 6.07 Å². The summed E-state index contributed by atoms with van der Waals surface area (Å²) in [4.78, 5) is 11.9. The van der Waals surface area contributed by atoms with Gasteiger partial charge in [0, 0.05) is 15.1 Å². The van der Waals surface area contributed by atoms with Gasteiger partial charge in [0.2, 0.25) is 0 Å². The first kappa shape index (κ1) is 13.1. The highest BCUT2D eigenvalue weighted by molar-refractivity contribution is 9.10. The van der Waals surface area contributed by atoms with Crippen molar-refractivity contribution in [1.29, 1.82) is 5.26 Å². The molecule has 0 spiro atoms. The van der Waals surface area contributed by atoms with Gasteiger partial charge in [0.15, 0.2) is 0 Å². The number of esters is 1. The van der Waals surface area contributed by atoms with Crippen molar-refractivity contribution in [2.75, 3.05) is 12.9 Å². The third kappa shape index (κ3) is 4.25. The van der Waals surface area contributed by atoms with Gasteiger partial charge in [0.1, 0.15) is 0 Å². The van der Waals surface area contributed by atoms with Crippen LogP contribution < -0.4 is 0 Å². The summed E-state index contributed by atoms with van der Waals surface area (Å²) in [7, 11) is 1.37. The number of ether oxygens (including phenoxy) is 1. The molecule has 0 atom stereocenters. The Labute approximate surface area is 107 Å². The van der Waals surface area contributed by atoms with Gasteiger partial charge in [-0.3, -0.25) is 4.79 Å². The van der Waals surface area contributed by atoms with Gasteiger partial charge in [-0.15, -0.1) is 11.8 Å². The Balaban J connectivity index is 2.57. The maximum Gasteiger partial charge on any atom is 0.306 e. The topological polar surface area (TPSA) is 50.1 Å². The normalized spacial score (nSPS) is 9.56. The lowest BCUT2D eigenvalue weighted by molar-refractivity contribution is -0.140. The maximum atomic E-state index is 10.9. The molecule has 0 N–H and O–H groups in total. The molecule has 0 fully saturated rings. The van der Waals surface area contributed by atoms with Crippen molar-refractivity contribution in [3.63, 3.8) is 0 Å². The minimum Gasteiger partial charge on any atom is -0.469 e. The summed E-state index contributed by atoms with van der Waals surface area (Å²) in [6, 6.07) is 7.56. The lowest BCUT2D eigenvalue weighted by Crippen LogP contribution is -2.00. The van der Waals surface area contributed by atoms with Crippen LogP contribution in [0.5, 0.6) is 0 Å². The Morgan fingerprint density at radius 2 is 2.31 bits per heavy atom. The average molecular weight is 300 g/mol. The van der Waals surface area contributed by atoms with Gasteiger partial charge in [-0.25, -0.2) is 0 Å². The van der Waals surface area contributed by atoms with E-state index in [0.29, 0.717) is 17.7 Å². The standard InChI is InChI=1S/C11H10BrNO2S/c1-15-11(14)2-3-16-10-5-8(7-13)4-9(12)6-10/h4-6H,2-3H2,1H3. The van der Waals surface area contributed by atoms with Crippen LogP contribution in [0.4, 0.5) is 0 Å². The Bertz CT molecular complexity index is 428. The van der Waals surface area contributed by atoms with E-state index in [4.69, 9.17) is 5.26 Å². The molecule has 16 heavy (non-hydrogen) atoms. The number of hydrogen-bond donors (Lipinski definition) is 0. The zero-order chi connectivity index (χ0) is 12.0. The molecule has 3 nitrogen and oxygen atoms in total. The summed E-state index contributed by atoms with van der Waals surface area (Å²) in [5, 5.41) is 8.78. The van der Waals surface area contributed by atoms with Crippen LogP contribution in [0.15, 0.2) is 27.6 Å². The number of thioether (sulfide) groups is 1. The number of nitrogens with zero attached hydrogens (tertiary/aromatic N) is 1. The monoisotopic (exact) mass is 299 g/mol. The van der Waals surface area contributed by atoms with Crippen LogP contribution >= 0.6 is 27.7 Å². The van der Waals surface area contributed by atoms with Gasteiger partial charge in [0.05, 0.1) is 25.2 Å². The fourth-order valence-electron chi connectivity index (χ4n) is 1.06. The third-order valence-electron chi connectivity index (χ3n) is 1.80. The fourth-order valence-corrected chi connectivity index (χ4v) is 2.63. The molecule has 0 saturated heterocycles. The van der Waals surface area contributed by atoms with Gasteiger partial charge < -0.3 is 4.74 Å². The molecule has 1 aromatic rings. The Hall–Kier alpha value is -0.990. The zero-order valence-corrected chi connectivity index (χ0v) is 11.1. The van der Waals surface area contributed by atoms with E-state index in [-0.39, 0.29) is 5.97 Å². The molecule has 84 valence electrons. The summed E-state index contributed by atoms with van der Waals surface area (Å²) >= 11 is 4.86. The van der Waals surface area contributed by atoms with Crippen molar-refractivity contribution in [3.05, 3.63) is 28.2 Å². The van der Waals surface area contributed by atoms with Gasteiger partial charge >= 0.3 is 5.97 Å². The molecule has 0 aliphatic heterocycles. The number of nitriles is 1. The first-order valence-electron chi connectivity index (χ1n) is 4.56. The molecule has 1 aromatic carbocycles. The third-order valence-corrected chi connectivity index (χ3v) is 3.24.